The van der Waals surface area contributed by atoms with Crippen LogP contribution in [-0.2, 0) is 4.79 Å². The van der Waals surface area contributed by atoms with Crippen molar-refractivity contribution in [3.8, 4) is 5.75 Å². The molecule has 1 aromatic heterocycles. The Morgan fingerprint density at radius 3 is 2.84 bits per heavy atom. The number of hydrogen-bond acceptors (Lipinski definition) is 3. The molecule has 0 radical (unpaired) electrons. The van der Waals surface area contributed by atoms with E-state index in [1.54, 1.807) is 36.0 Å². The minimum absolute atomic E-state index is 0.114. The summed E-state index contributed by atoms with van der Waals surface area (Å²) in [5.41, 5.74) is 1.44. The molecule has 0 saturated carbocycles. The van der Waals surface area contributed by atoms with E-state index in [-0.39, 0.29) is 11.7 Å². The number of nitrogens with zero attached hydrogens (tertiary/aromatic N) is 2. The molecule has 0 bridgehead atoms. The van der Waals surface area contributed by atoms with Gasteiger partial charge in [0, 0.05) is 11.8 Å². The number of benzene rings is 1. The van der Waals surface area contributed by atoms with E-state index in [2.05, 4.69) is 26.3 Å². The minimum Gasteiger partial charge on any atom is -0.508 e. The molecule has 0 aliphatic rings. The largest absolute Gasteiger partial charge is 0.508 e. The fourth-order valence-electron chi connectivity index (χ4n) is 1.73. The molecular formula is C13H14BrN3O2. The number of nitrogens with one attached hydrogen (secondary N) is 1. The number of aromatic hydroxyl groups is 1. The second-order valence-corrected chi connectivity index (χ2v) is 5.09. The summed E-state index contributed by atoms with van der Waals surface area (Å²) in [6, 6.07) is 6.00. The van der Waals surface area contributed by atoms with Crippen molar-refractivity contribution in [2.24, 2.45) is 0 Å². The quantitative estimate of drug-likeness (QED) is 0.912. The number of hydrogen-bond donors (Lipinski definition) is 2. The predicted octanol–water partition coefficient (Wildman–Crippen LogP) is 2.86. The first-order valence-corrected chi connectivity index (χ1v) is 6.58. The summed E-state index contributed by atoms with van der Waals surface area (Å²) >= 11 is 3.36. The van der Waals surface area contributed by atoms with Crippen molar-refractivity contribution in [2.45, 2.75) is 19.9 Å². The number of halogens is 1. The zero-order valence-corrected chi connectivity index (χ0v) is 12.2. The molecule has 2 N–H and O–H groups in total. The van der Waals surface area contributed by atoms with Gasteiger partial charge in [0.15, 0.2) is 0 Å². The Kier molecular flexibility index (Phi) is 3.90. The van der Waals surface area contributed by atoms with Crippen LogP contribution in [0.4, 0.5) is 5.69 Å². The second-order valence-electron chi connectivity index (χ2n) is 4.24. The summed E-state index contributed by atoms with van der Waals surface area (Å²) in [6.07, 6.45) is 1.66. The van der Waals surface area contributed by atoms with E-state index in [4.69, 9.17) is 0 Å². The molecule has 0 aliphatic heterocycles. The summed E-state index contributed by atoms with van der Waals surface area (Å²) < 4.78 is 2.51. The summed E-state index contributed by atoms with van der Waals surface area (Å²) in [4.78, 5) is 12.1. The Hall–Kier alpha value is -1.82. The maximum Gasteiger partial charge on any atom is 0.248 e. The molecule has 2 aromatic rings. The number of carbonyl (C=O) groups excluding carboxylic acids is 1. The van der Waals surface area contributed by atoms with E-state index in [0.29, 0.717) is 5.69 Å². The fraction of sp³-hybridized carbons (Fsp3) is 0.231. The van der Waals surface area contributed by atoms with Crippen LogP contribution < -0.4 is 5.32 Å². The van der Waals surface area contributed by atoms with Crippen molar-refractivity contribution in [3.63, 3.8) is 0 Å². The Labute approximate surface area is 119 Å². The third-order valence-electron chi connectivity index (χ3n) is 2.84. The molecule has 100 valence electrons. The van der Waals surface area contributed by atoms with Crippen molar-refractivity contribution in [1.29, 1.82) is 0 Å². The third kappa shape index (κ3) is 2.96. The number of aromatic nitrogens is 2. The van der Waals surface area contributed by atoms with Crippen molar-refractivity contribution >= 4 is 27.5 Å². The lowest BCUT2D eigenvalue weighted by Gasteiger charge is -2.14. The van der Waals surface area contributed by atoms with Gasteiger partial charge in [0.25, 0.3) is 0 Å². The second kappa shape index (κ2) is 5.44. The first kappa shape index (κ1) is 13.6. The van der Waals surface area contributed by atoms with Crippen LogP contribution in [0.1, 0.15) is 18.7 Å². The van der Waals surface area contributed by atoms with E-state index in [1.807, 2.05) is 6.92 Å². The Balaban J connectivity index is 2.14. The lowest BCUT2D eigenvalue weighted by Crippen LogP contribution is -2.25. The number of anilines is 1. The van der Waals surface area contributed by atoms with Crippen LogP contribution in [0.15, 0.2) is 34.9 Å². The van der Waals surface area contributed by atoms with Gasteiger partial charge in [0.1, 0.15) is 11.8 Å². The van der Waals surface area contributed by atoms with E-state index < -0.39 is 6.04 Å². The Bertz CT molecular complexity index is 610. The molecule has 0 fully saturated rings. The van der Waals surface area contributed by atoms with Crippen LogP contribution in [0.3, 0.4) is 0 Å². The molecular weight excluding hydrogens is 310 g/mol. The zero-order chi connectivity index (χ0) is 14.0. The Morgan fingerprint density at radius 2 is 2.26 bits per heavy atom. The van der Waals surface area contributed by atoms with Gasteiger partial charge in [-0.1, -0.05) is 6.07 Å². The number of amides is 1. The molecule has 0 saturated heterocycles. The molecule has 6 heteroatoms. The normalized spacial score (nSPS) is 12.2. The smallest absolute Gasteiger partial charge is 0.248 e. The lowest BCUT2D eigenvalue weighted by molar-refractivity contribution is -0.119. The zero-order valence-electron chi connectivity index (χ0n) is 10.6. The molecule has 0 spiro atoms. The van der Waals surface area contributed by atoms with Gasteiger partial charge in [0.2, 0.25) is 5.91 Å². The molecule has 1 unspecified atom stereocenters. The number of rotatable bonds is 3. The number of phenols is 1. The van der Waals surface area contributed by atoms with Crippen molar-refractivity contribution in [3.05, 3.63) is 40.6 Å². The summed E-state index contributed by atoms with van der Waals surface area (Å²) in [5.74, 6) is -0.0761. The predicted molar refractivity (Wildman–Crippen MR) is 76.1 cm³/mol. The molecule has 0 aliphatic carbocycles. The van der Waals surface area contributed by atoms with Gasteiger partial charge in [-0.15, -0.1) is 0 Å². The van der Waals surface area contributed by atoms with Crippen molar-refractivity contribution < 1.29 is 9.90 Å². The summed E-state index contributed by atoms with van der Waals surface area (Å²) in [6.45, 7) is 3.65. The van der Waals surface area contributed by atoms with E-state index in [0.717, 1.165) is 10.2 Å². The molecule has 1 heterocycles. The molecule has 1 atom stereocenters. The molecule has 1 amide bonds. The number of phenolic OH excluding ortho intramolecular Hbond substituents is 1. The van der Waals surface area contributed by atoms with E-state index >= 15 is 0 Å². The van der Waals surface area contributed by atoms with Crippen LogP contribution in [0, 0.1) is 6.92 Å². The van der Waals surface area contributed by atoms with Gasteiger partial charge in [0.05, 0.1) is 16.4 Å². The SMILES string of the molecule is Cc1c(Br)cnn1C(C)C(=O)Nc1cccc(O)c1. The van der Waals surface area contributed by atoms with Crippen molar-refractivity contribution in [1.82, 2.24) is 9.78 Å². The first-order chi connectivity index (χ1) is 8.99. The standard InChI is InChI=1S/C13H14BrN3O2/c1-8-12(14)7-15-17(8)9(2)13(19)16-10-4-3-5-11(18)6-10/h3-7,9,18H,1-2H3,(H,16,19). The van der Waals surface area contributed by atoms with Gasteiger partial charge >= 0.3 is 0 Å². The first-order valence-electron chi connectivity index (χ1n) is 5.78. The Morgan fingerprint density at radius 1 is 1.53 bits per heavy atom. The highest BCUT2D eigenvalue weighted by Crippen LogP contribution is 2.20. The summed E-state index contributed by atoms with van der Waals surface area (Å²) in [7, 11) is 0. The van der Waals surface area contributed by atoms with Gasteiger partial charge < -0.3 is 10.4 Å². The lowest BCUT2D eigenvalue weighted by atomic mass is 10.2. The maximum atomic E-state index is 12.1. The van der Waals surface area contributed by atoms with E-state index in [9.17, 15) is 9.90 Å². The van der Waals surface area contributed by atoms with Crippen LogP contribution in [0.5, 0.6) is 5.75 Å². The highest BCUT2D eigenvalue weighted by molar-refractivity contribution is 9.10. The van der Waals surface area contributed by atoms with Crippen LogP contribution in [-0.4, -0.2) is 20.8 Å². The van der Waals surface area contributed by atoms with Gasteiger partial charge in [-0.2, -0.15) is 5.10 Å². The topological polar surface area (TPSA) is 67.2 Å². The van der Waals surface area contributed by atoms with Crippen LogP contribution >= 0.6 is 15.9 Å². The van der Waals surface area contributed by atoms with Gasteiger partial charge in [-0.05, 0) is 41.9 Å². The molecule has 2 rings (SSSR count). The number of carbonyl (C=O) groups is 1. The molecule has 5 nitrogen and oxygen atoms in total. The maximum absolute atomic E-state index is 12.1. The molecule has 19 heavy (non-hydrogen) atoms. The average molecular weight is 324 g/mol. The van der Waals surface area contributed by atoms with Crippen LogP contribution in [0.25, 0.3) is 0 Å². The fourth-order valence-corrected chi connectivity index (χ4v) is 2.01. The monoisotopic (exact) mass is 323 g/mol. The van der Waals surface area contributed by atoms with Crippen LogP contribution in [0.2, 0.25) is 0 Å². The van der Waals surface area contributed by atoms with Gasteiger partial charge in [-0.3, -0.25) is 9.48 Å². The molecule has 1 aromatic carbocycles. The minimum atomic E-state index is -0.436. The highest BCUT2D eigenvalue weighted by Gasteiger charge is 2.18. The summed E-state index contributed by atoms with van der Waals surface area (Å²) in [5, 5.41) is 16.3. The van der Waals surface area contributed by atoms with Crippen molar-refractivity contribution in [2.75, 3.05) is 5.32 Å². The third-order valence-corrected chi connectivity index (χ3v) is 3.62. The van der Waals surface area contributed by atoms with Gasteiger partial charge in [-0.25, -0.2) is 0 Å². The average Bonchev–Trinajstić information content (AvgIpc) is 2.69. The highest BCUT2D eigenvalue weighted by atomic mass is 79.9. The van der Waals surface area contributed by atoms with E-state index in [1.165, 1.54) is 6.07 Å².